The summed E-state index contributed by atoms with van der Waals surface area (Å²) in [4.78, 5) is 22.7. The molecule has 11 heteroatoms. The molecular weight excluding hydrogens is 454 g/mol. The van der Waals surface area contributed by atoms with Gasteiger partial charge in [0.2, 0.25) is 0 Å². The van der Waals surface area contributed by atoms with Crippen LogP contribution in [0.15, 0.2) is 40.7 Å². The molecule has 0 bridgehead atoms. The molecule has 2 aromatic carbocycles. The number of thioether (sulfide) groups is 1. The Bertz CT molecular complexity index is 1120. The van der Waals surface area contributed by atoms with Gasteiger partial charge in [0.25, 0.3) is 5.69 Å². The number of nitro groups is 1. The van der Waals surface area contributed by atoms with Crippen molar-refractivity contribution in [1.82, 2.24) is 10.2 Å². The van der Waals surface area contributed by atoms with Gasteiger partial charge in [-0.2, -0.15) is 0 Å². The van der Waals surface area contributed by atoms with Gasteiger partial charge >= 0.3 is 5.97 Å². The zero-order valence-corrected chi connectivity index (χ0v) is 19.3. The number of nitrogens with zero attached hydrogens (tertiary/aromatic N) is 3. The lowest BCUT2D eigenvalue weighted by Gasteiger charge is -2.14. The van der Waals surface area contributed by atoms with E-state index in [2.05, 4.69) is 10.2 Å². The third-order valence-corrected chi connectivity index (χ3v) is 6.24. The van der Waals surface area contributed by atoms with Crippen LogP contribution in [0.2, 0.25) is 0 Å². The predicted molar refractivity (Wildman–Crippen MR) is 121 cm³/mol. The quantitative estimate of drug-likeness (QED) is 0.174. The fraction of sp³-hybridized carbons (Fsp3) is 0.286. The Kier molecular flexibility index (Phi) is 8.01. The summed E-state index contributed by atoms with van der Waals surface area (Å²) in [7, 11) is 1.51. The summed E-state index contributed by atoms with van der Waals surface area (Å²) < 4.78 is 17.2. The molecule has 0 saturated carbocycles. The number of hydrogen-bond donors (Lipinski definition) is 0. The van der Waals surface area contributed by atoms with Gasteiger partial charge in [0.15, 0.2) is 15.8 Å². The summed E-state index contributed by atoms with van der Waals surface area (Å²) >= 11 is 2.86. The first-order chi connectivity index (χ1) is 15.4. The number of esters is 1. The molecule has 168 valence electrons. The highest BCUT2D eigenvalue weighted by Gasteiger charge is 2.17. The summed E-state index contributed by atoms with van der Waals surface area (Å²) in [5.74, 6) is 1.35. The number of aromatic nitrogens is 2. The van der Waals surface area contributed by atoms with Crippen molar-refractivity contribution in [2.45, 2.75) is 30.4 Å². The maximum absolute atomic E-state index is 11.8. The van der Waals surface area contributed by atoms with Gasteiger partial charge in [-0.15, -0.1) is 10.2 Å². The van der Waals surface area contributed by atoms with Gasteiger partial charge in [0.1, 0.15) is 10.8 Å². The molecule has 0 N–H and O–H groups in total. The van der Waals surface area contributed by atoms with Crippen LogP contribution in [0.1, 0.15) is 23.1 Å². The zero-order valence-electron chi connectivity index (χ0n) is 17.7. The molecule has 3 rings (SSSR count). The topological polar surface area (TPSA) is 114 Å². The number of rotatable bonds is 10. The van der Waals surface area contributed by atoms with Crippen LogP contribution < -0.4 is 9.47 Å². The normalized spacial score (nSPS) is 10.6. The minimum absolute atomic E-state index is 0.0376. The van der Waals surface area contributed by atoms with E-state index in [1.807, 2.05) is 6.92 Å². The maximum atomic E-state index is 11.8. The van der Waals surface area contributed by atoms with Gasteiger partial charge in [0.05, 0.1) is 25.1 Å². The number of benzene rings is 2. The number of ether oxygens (including phenoxy) is 3. The monoisotopic (exact) mass is 475 g/mol. The molecule has 0 aliphatic rings. The molecule has 0 unspecified atom stereocenters. The number of nitro benzene ring substituents is 1. The summed E-state index contributed by atoms with van der Waals surface area (Å²) in [5, 5.41) is 20.2. The zero-order chi connectivity index (χ0) is 23.1. The highest BCUT2D eigenvalue weighted by atomic mass is 32.2. The molecule has 0 atom stereocenters. The number of non-ortho nitro benzene ring substituents is 1. The molecule has 0 radical (unpaired) electrons. The molecule has 0 aliphatic carbocycles. The van der Waals surface area contributed by atoms with Gasteiger partial charge in [0, 0.05) is 23.4 Å². The fourth-order valence-electron chi connectivity index (χ4n) is 2.78. The van der Waals surface area contributed by atoms with Gasteiger partial charge < -0.3 is 14.2 Å². The second kappa shape index (κ2) is 10.9. The molecule has 3 aromatic rings. The molecule has 1 aromatic heterocycles. The van der Waals surface area contributed by atoms with E-state index in [1.165, 1.54) is 42.3 Å². The molecule has 1 heterocycles. The van der Waals surface area contributed by atoms with Crippen molar-refractivity contribution in [3.05, 3.63) is 62.6 Å². The molecule has 0 amide bonds. The lowest BCUT2D eigenvalue weighted by Crippen LogP contribution is -2.07. The Labute approximate surface area is 192 Å². The summed E-state index contributed by atoms with van der Waals surface area (Å²) in [5.41, 5.74) is 1.28. The van der Waals surface area contributed by atoms with E-state index in [-0.39, 0.29) is 18.1 Å². The SMILES string of the molecule is CCOC(=O)Cc1ccc(OC)c(Oc2ccc([N+](=O)[O-])cc2CSc2nnc(C)s2)c1. The van der Waals surface area contributed by atoms with E-state index >= 15 is 0 Å². The van der Waals surface area contributed by atoms with Crippen molar-refractivity contribution in [3.8, 4) is 17.2 Å². The first-order valence-corrected chi connectivity index (χ1v) is 11.4. The van der Waals surface area contributed by atoms with Crippen molar-refractivity contribution in [1.29, 1.82) is 0 Å². The van der Waals surface area contributed by atoms with Crippen LogP contribution >= 0.6 is 23.1 Å². The van der Waals surface area contributed by atoms with Crippen molar-refractivity contribution >= 4 is 34.8 Å². The average Bonchev–Trinajstić information content (AvgIpc) is 3.18. The molecule has 9 nitrogen and oxygen atoms in total. The van der Waals surface area contributed by atoms with Crippen LogP contribution in [-0.4, -0.2) is 34.8 Å². The Morgan fingerprint density at radius 1 is 1.16 bits per heavy atom. The lowest BCUT2D eigenvalue weighted by atomic mass is 10.1. The lowest BCUT2D eigenvalue weighted by molar-refractivity contribution is -0.384. The van der Waals surface area contributed by atoms with Crippen LogP contribution in [0.25, 0.3) is 0 Å². The van der Waals surface area contributed by atoms with Gasteiger partial charge in [-0.25, -0.2) is 0 Å². The molecular formula is C21H21N3O6S2. The van der Waals surface area contributed by atoms with Crippen LogP contribution in [-0.2, 0) is 21.7 Å². The van der Waals surface area contributed by atoms with E-state index in [0.29, 0.717) is 40.7 Å². The minimum atomic E-state index is -0.451. The van der Waals surface area contributed by atoms with Crippen molar-refractivity contribution in [2.24, 2.45) is 0 Å². The largest absolute Gasteiger partial charge is 0.493 e. The fourth-order valence-corrected chi connectivity index (χ4v) is 4.57. The van der Waals surface area contributed by atoms with Crippen molar-refractivity contribution < 1.29 is 23.9 Å². The van der Waals surface area contributed by atoms with E-state index in [9.17, 15) is 14.9 Å². The second-order valence-electron chi connectivity index (χ2n) is 6.49. The predicted octanol–water partition coefficient (Wildman–Crippen LogP) is 4.95. The van der Waals surface area contributed by atoms with Crippen molar-refractivity contribution in [3.63, 3.8) is 0 Å². The van der Waals surface area contributed by atoms with Crippen LogP contribution in [0, 0.1) is 17.0 Å². The third kappa shape index (κ3) is 6.17. The molecule has 0 saturated heterocycles. The smallest absolute Gasteiger partial charge is 0.310 e. The van der Waals surface area contributed by atoms with Gasteiger partial charge in [-0.1, -0.05) is 29.2 Å². The number of aryl methyl sites for hydroxylation is 1. The van der Waals surface area contributed by atoms with E-state index < -0.39 is 4.92 Å². The number of methoxy groups -OCH3 is 1. The summed E-state index contributed by atoms with van der Waals surface area (Å²) in [6.45, 7) is 3.91. The highest BCUT2D eigenvalue weighted by Crippen LogP contribution is 2.38. The summed E-state index contributed by atoms with van der Waals surface area (Å²) in [6, 6.07) is 9.57. The van der Waals surface area contributed by atoms with E-state index in [4.69, 9.17) is 14.2 Å². The maximum Gasteiger partial charge on any atom is 0.310 e. The Balaban J connectivity index is 1.89. The van der Waals surface area contributed by atoms with Crippen LogP contribution in [0.4, 0.5) is 5.69 Å². The number of hydrogen-bond acceptors (Lipinski definition) is 10. The Morgan fingerprint density at radius 3 is 2.59 bits per heavy atom. The highest BCUT2D eigenvalue weighted by molar-refractivity contribution is 8.00. The standard InChI is InChI=1S/C21H21N3O6S2/c1-4-29-20(25)10-14-5-7-18(28-3)19(9-14)30-17-8-6-16(24(26)27)11-15(17)12-31-21-23-22-13(2)32-21/h5-9,11H,4,10,12H2,1-3H3. The minimum Gasteiger partial charge on any atom is -0.493 e. The first-order valence-electron chi connectivity index (χ1n) is 9.60. The van der Waals surface area contributed by atoms with E-state index in [0.717, 1.165) is 9.35 Å². The summed E-state index contributed by atoms with van der Waals surface area (Å²) in [6.07, 6.45) is 0.0908. The average molecular weight is 476 g/mol. The molecule has 32 heavy (non-hydrogen) atoms. The van der Waals surface area contributed by atoms with Crippen LogP contribution in [0.3, 0.4) is 0 Å². The van der Waals surface area contributed by atoms with Gasteiger partial charge in [-0.05, 0) is 37.6 Å². The Morgan fingerprint density at radius 2 is 1.94 bits per heavy atom. The molecule has 0 spiro atoms. The van der Waals surface area contributed by atoms with Gasteiger partial charge in [-0.3, -0.25) is 14.9 Å². The van der Waals surface area contributed by atoms with Crippen molar-refractivity contribution in [2.75, 3.05) is 13.7 Å². The first kappa shape index (κ1) is 23.5. The number of carbonyl (C=O) groups is 1. The Hall–Kier alpha value is -3.18. The third-order valence-electron chi connectivity index (χ3n) is 4.22. The van der Waals surface area contributed by atoms with Crippen LogP contribution in [0.5, 0.6) is 17.2 Å². The van der Waals surface area contributed by atoms with E-state index in [1.54, 1.807) is 31.2 Å². The molecule has 0 fully saturated rings. The molecule has 0 aliphatic heterocycles. The number of carbonyl (C=O) groups excluding carboxylic acids is 1. The second-order valence-corrected chi connectivity index (χ2v) is 8.90.